The Morgan fingerprint density at radius 1 is 1.20 bits per heavy atom. The highest BCUT2D eigenvalue weighted by atomic mass is 15.0. The lowest BCUT2D eigenvalue weighted by atomic mass is 10.0. The van der Waals surface area contributed by atoms with Crippen molar-refractivity contribution in [3.63, 3.8) is 0 Å². The van der Waals surface area contributed by atoms with Crippen LogP contribution in [0.1, 0.15) is 30.3 Å². The Hall–Kier alpha value is -1.61. The highest BCUT2D eigenvalue weighted by molar-refractivity contribution is 5.22. The third kappa shape index (κ3) is 4.20. The van der Waals surface area contributed by atoms with Crippen LogP contribution in [-0.2, 0) is 19.9 Å². The highest BCUT2D eigenvalue weighted by Gasteiger charge is 2.12. The first-order valence-corrected chi connectivity index (χ1v) is 7.44. The number of aromatic nitrogens is 2. The third-order valence-corrected chi connectivity index (χ3v) is 3.64. The van der Waals surface area contributed by atoms with Crippen molar-refractivity contribution in [2.75, 3.05) is 6.54 Å². The summed E-state index contributed by atoms with van der Waals surface area (Å²) in [4.78, 5) is 4.44. The van der Waals surface area contributed by atoms with E-state index in [0.717, 1.165) is 31.6 Å². The molecule has 2 aromatic rings. The zero-order valence-electron chi connectivity index (χ0n) is 12.8. The van der Waals surface area contributed by atoms with Crippen LogP contribution in [0.3, 0.4) is 0 Å². The first-order valence-electron chi connectivity index (χ1n) is 7.44. The number of imidazole rings is 1. The molecule has 20 heavy (non-hydrogen) atoms. The van der Waals surface area contributed by atoms with E-state index in [1.54, 1.807) is 0 Å². The largest absolute Gasteiger partial charge is 0.338 e. The fourth-order valence-electron chi connectivity index (χ4n) is 2.39. The van der Waals surface area contributed by atoms with Crippen LogP contribution in [0.2, 0.25) is 0 Å². The predicted molar refractivity (Wildman–Crippen MR) is 83.9 cm³/mol. The first kappa shape index (κ1) is 14.8. The summed E-state index contributed by atoms with van der Waals surface area (Å²) in [6.45, 7) is 5.39. The van der Waals surface area contributed by atoms with Gasteiger partial charge in [-0.3, -0.25) is 0 Å². The van der Waals surface area contributed by atoms with Gasteiger partial charge in [0, 0.05) is 31.9 Å². The highest BCUT2D eigenvalue weighted by Crippen LogP contribution is 2.09. The van der Waals surface area contributed by atoms with Crippen LogP contribution in [0.5, 0.6) is 0 Å². The molecule has 0 fully saturated rings. The molecule has 0 aliphatic carbocycles. The minimum Gasteiger partial charge on any atom is -0.338 e. The van der Waals surface area contributed by atoms with Gasteiger partial charge in [0.25, 0.3) is 0 Å². The van der Waals surface area contributed by atoms with Crippen molar-refractivity contribution in [2.45, 2.75) is 39.2 Å². The smallest absolute Gasteiger partial charge is 0.109 e. The van der Waals surface area contributed by atoms with Crippen molar-refractivity contribution in [1.82, 2.24) is 14.9 Å². The molecular weight excluding hydrogens is 246 g/mol. The summed E-state index contributed by atoms with van der Waals surface area (Å²) < 4.78 is 2.11. The summed E-state index contributed by atoms with van der Waals surface area (Å²) >= 11 is 0. The van der Waals surface area contributed by atoms with E-state index in [-0.39, 0.29) is 0 Å². The average Bonchev–Trinajstić information content (AvgIpc) is 2.84. The maximum Gasteiger partial charge on any atom is 0.109 e. The van der Waals surface area contributed by atoms with Crippen LogP contribution in [0.25, 0.3) is 0 Å². The summed E-state index contributed by atoms with van der Waals surface area (Å²) in [7, 11) is 2.06. The van der Waals surface area contributed by atoms with E-state index >= 15 is 0 Å². The topological polar surface area (TPSA) is 29.9 Å². The monoisotopic (exact) mass is 271 g/mol. The van der Waals surface area contributed by atoms with Crippen LogP contribution in [-0.4, -0.2) is 22.1 Å². The number of nitrogens with zero attached hydrogens (tertiary/aromatic N) is 2. The zero-order chi connectivity index (χ0) is 14.4. The molecular formula is C17H25N3. The summed E-state index contributed by atoms with van der Waals surface area (Å²) in [5.41, 5.74) is 2.70. The molecule has 1 unspecified atom stereocenters. The van der Waals surface area contributed by atoms with Crippen molar-refractivity contribution < 1.29 is 0 Å². The van der Waals surface area contributed by atoms with Crippen molar-refractivity contribution in [1.29, 1.82) is 0 Å². The molecule has 3 nitrogen and oxygen atoms in total. The molecule has 0 aliphatic heterocycles. The second-order valence-electron chi connectivity index (χ2n) is 5.50. The quantitative estimate of drug-likeness (QED) is 0.839. The maximum absolute atomic E-state index is 4.44. The normalized spacial score (nSPS) is 12.6. The molecule has 1 aromatic heterocycles. The molecule has 0 radical (unpaired) electrons. The zero-order valence-corrected chi connectivity index (χ0v) is 12.8. The van der Waals surface area contributed by atoms with E-state index in [1.807, 2.05) is 12.4 Å². The number of aryl methyl sites for hydroxylation is 2. The van der Waals surface area contributed by atoms with Gasteiger partial charge >= 0.3 is 0 Å². The molecule has 0 saturated carbocycles. The van der Waals surface area contributed by atoms with E-state index in [9.17, 15) is 0 Å². The molecule has 0 spiro atoms. The number of hydrogen-bond donors (Lipinski definition) is 1. The first-order chi connectivity index (χ1) is 9.69. The molecule has 0 saturated heterocycles. The minimum atomic E-state index is 0.443. The molecule has 2 rings (SSSR count). The molecule has 0 amide bonds. The summed E-state index contributed by atoms with van der Waals surface area (Å²) in [5.74, 6) is 1.14. The van der Waals surface area contributed by atoms with Crippen molar-refractivity contribution in [3.8, 4) is 0 Å². The van der Waals surface area contributed by atoms with Gasteiger partial charge in [-0.1, -0.05) is 36.8 Å². The molecule has 108 valence electrons. The molecule has 0 bridgehead atoms. The lowest BCUT2D eigenvalue weighted by Crippen LogP contribution is -2.34. The van der Waals surface area contributed by atoms with Gasteiger partial charge in [-0.05, 0) is 31.9 Å². The Morgan fingerprint density at radius 3 is 2.55 bits per heavy atom. The molecule has 1 aromatic carbocycles. The van der Waals surface area contributed by atoms with Gasteiger partial charge in [-0.15, -0.1) is 0 Å². The Balaban J connectivity index is 2.03. The maximum atomic E-state index is 4.44. The number of hydrogen-bond acceptors (Lipinski definition) is 2. The average molecular weight is 271 g/mol. The molecule has 1 atom stereocenters. The van der Waals surface area contributed by atoms with Crippen molar-refractivity contribution >= 4 is 0 Å². The van der Waals surface area contributed by atoms with Gasteiger partial charge in [0.15, 0.2) is 0 Å². The molecule has 1 heterocycles. The summed E-state index contributed by atoms with van der Waals surface area (Å²) in [6.07, 6.45) is 7.06. The van der Waals surface area contributed by atoms with E-state index in [1.165, 1.54) is 11.1 Å². The third-order valence-electron chi connectivity index (χ3n) is 3.64. The van der Waals surface area contributed by atoms with Gasteiger partial charge in [0.2, 0.25) is 0 Å². The summed E-state index contributed by atoms with van der Waals surface area (Å²) in [6, 6.07) is 9.28. The van der Waals surface area contributed by atoms with Gasteiger partial charge in [-0.25, -0.2) is 4.98 Å². The van der Waals surface area contributed by atoms with Crippen LogP contribution in [0, 0.1) is 6.92 Å². The number of rotatable bonds is 7. The number of nitrogens with one attached hydrogen (secondary N) is 1. The Kier molecular flexibility index (Phi) is 5.36. The lowest BCUT2D eigenvalue weighted by Gasteiger charge is -2.18. The SMILES string of the molecule is CCCNC(Cc1ccc(C)cc1)Cc1nccn1C. The standard InChI is InChI=1S/C17H25N3/c1-4-9-18-16(13-17-19-10-11-20(17)3)12-15-7-5-14(2)6-8-15/h5-8,10-11,16,18H,4,9,12-13H2,1-3H3. The second kappa shape index (κ2) is 7.25. The van der Waals surface area contributed by atoms with E-state index in [2.05, 4.69) is 60.0 Å². The molecule has 3 heteroatoms. The molecule has 0 aliphatic rings. The van der Waals surface area contributed by atoms with E-state index in [4.69, 9.17) is 0 Å². The van der Waals surface area contributed by atoms with Crippen LogP contribution >= 0.6 is 0 Å². The predicted octanol–water partition coefficient (Wildman–Crippen LogP) is 2.88. The van der Waals surface area contributed by atoms with Gasteiger partial charge in [-0.2, -0.15) is 0 Å². The van der Waals surface area contributed by atoms with Gasteiger partial charge < -0.3 is 9.88 Å². The van der Waals surface area contributed by atoms with Crippen LogP contribution < -0.4 is 5.32 Å². The fraction of sp³-hybridized carbons (Fsp3) is 0.471. The second-order valence-corrected chi connectivity index (χ2v) is 5.50. The molecule has 1 N–H and O–H groups in total. The van der Waals surface area contributed by atoms with Crippen molar-refractivity contribution in [3.05, 3.63) is 53.6 Å². The minimum absolute atomic E-state index is 0.443. The Labute approximate surface area is 122 Å². The van der Waals surface area contributed by atoms with Crippen LogP contribution in [0.15, 0.2) is 36.7 Å². The van der Waals surface area contributed by atoms with E-state index in [0.29, 0.717) is 6.04 Å². The Morgan fingerprint density at radius 2 is 1.95 bits per heavy atom. The lowest BCUT2D eigenvalue weighted by molar-refractivity contribution is 0.490. The fourth-order valence-corrected chi connectivity index (χ4v) is 2.39. The van der Waals surface area contributed by atoms with E-state index < -0.39 is 0 Å². The van der Waals surface area contributed by atoms with Crippen molar-refractivity contribution in [2.24, 2.45) is 7.05 Å². The Bertz CT molecular complexity index is 513. The summed E-state index contributed by atoms with van der Waals surface area (Å²) in [5, 5.41) is 3.64. The van der Waals surface area contributed by atoms with Gasteiger partial charge in [0.05, 0.1) is 0 Å². The van der Waals surface area contributed by atoms with Crippen LogP contribution in [0.4, 0.5) is 0 Å². The number of benzene rings is 1. The van der Waals surface area contributed by atoms with Gasteiger partial charge in [0.1, 0.15) is 5.82 Å².